The first-order valence-corrected chi connectivity index (χ1v) is 5.27. The highest BCUT2D eigenvalue weighted by molar-refractivity contribution is 7.96. The van der Waals surface area contributed by atoms with Gasteiger partial charge in [0.05, 0.1) is 4.90 Å². The Kier molecular flexibility index (Phi) is 2.55. The summed E-state index contributed by atoms with van der Waals surface area (Å²) in [6.07, 6.45) is 0. The first kappa shape index (κ1) is 9.29. The van der Waals surface area contributed by atoms with E-state index in [2.05, 4.69) is 0 Å². The molecule has 3 heteroatoms. The van der Waals surface area contributed by atoms with Crippen molar-refractivity contribution in [2.75, 3.05) is 0 Å². The second-order valence-corrected chi connectivity index (χ2v) is 4.70. The molecule has 66 valence electrons. The normalized spacial score (nSPS) is 15.2. The number of aryl methyl sites for hydroxylation is 1. The Hall–Kier alpha value is -0.800. The zero-order valence-corrected chi connectivity index (χ0v) is 7.97. The molecule has 1 rings (SSSR count). The molecule has 1 unspecified atom stereocenters. The van der Waals surface area contributed by atoms with Gasteiger partial charge in [-0.1, -0.05) is 17.7 Å². The molecule has 1 atom stereocenters. The zero-order valence-electron chi connectivity index (χ0n) is 7.15. The number of benzene rings is 1. The Balaban J connectivity index is 3.24. The summed E-state index contributed by atoms with van der Waals surface area (Å²) in [6, 6.07) is 7.01. The standard InChI is InChI=1S/C9H12O2S/c1-3-12(10,11)9-6-4-8(2)5-7-9/h3-7H,1-2H3,(H,10,11). The summed E-state index contributed by atoms with van der Waals surface area (Å²) in [4.78, 5) is 0.468. The molecule has 0 aliphatic heterocycles. The van der Waals surface area contributed by atoms with Crippen LogP contribution in [0.4, 0.5) is 0 Å². The van der Waals surface area contributed by atoms with Gasteiger partial charge in [-0.2, -0.15) is 0 Å². The number of rotatable bonds is 1. The minimum atomic E-state index is -2.89. The lowest BCUT2D eigenvalue weighted by Crippen LogP contribution is -2.00. The summed E-state index contributed by atoms with van der Waals surface area (Å²) in [6.45, 7) is 3.53. The highest BCUT2D eigenvalue weighted by Crippen LogP contribution is 2.09. The quantitative estimate of drug-likeness (QED) is 0.677. The first-order valence-electron chi connectivity index (χ1n) is 3.69. The molecule has 0 saturated carbocycles. The van der Waals surface area contributed by atoms with Crippen LogP contribution in [0.15, 0.2) is 29.2 Å². The van der Waals surface area contributed by atoms with Crippen LogP contribution >= 0.6 is 0 Å². The summed E-state index contributed by atoms with van der Waals surface area (Å²) in [5, 5.41) is 1.32. The van der Waals surface area contributed by atoms with E-state index in [1.807, 2.05) is 19.1 Å². The predicted octanol–water partition coefficient (Wildman–Crippen LogP) is 1.93. The average Bonchev–Trinajstić information content (AvgIpc) is 2.05. The third-order valence-electron chi connectivity index (χ3n) is 1.68. The van der Waals surface area contributed by atoms with E-state index >= 15 is 0 Å². The van der Waals surface area contributed by atoms with E-state index in [0.29, 0.717) is 4.90 Å². The summed E-state index contributed by atoms with van der Waals surface area (Å²) < 4.78 is 20.7. The van der Waals surface area contributed by atoms with Crippen LogP contribution in [0.2, 0.25) is 0 Å². The van der Waals surface area contributed by atoms with Crippen molar-refractivity contribution in [3.8, 4) is 0 Å². The van der Waals surface area contributed by atoms with Crippen molar-refractivity contribution < 1.29 is 8.76 Å². The molecule has 0 heterocycles. The van der Waals surface area contributed by atoms with Gasteiger partial charge in [0.2, 0.25) is 0 Å². The van der Waals surface area contributed by atoms with Gasteiger partial charge in [-0.15, -0.1) is 0 Å². The van der Waals surface area contributed by atoms with Gasteiger partial charge in [-0.05, 0) is 31.3 Å². The lowest BCUT2D eigenvalue weighted by molar-refractivity contribution is 0.559. The second-order valence-electron chi connectivity index (χ2n) is 2.62. The first-order chi connectivity index (χ1) is 5.56. The topological polar surface area (TPSA) is 37.3 Å². The molecule has 0 saturated heterocycles. The molecule has 1 aromatic carbocycles. The average molecular weight is 184 g/mol. The van der Waals surface area contributed by atoms with Crippen molar-refractivity contribution in [2.24, 2.45) is 0 Å². The largest absolute Gasteiger partial charge is 0.310 e. The third-order valence-corrected chi connectivity index (χ3v) is 3.26. The third kappa shape index (κ3) is 1.87. The molecule has 0 amide bonds. The zero-order chi connectivity index (χ0) is 9.19. The van der Waals surface area contributed by atoms with Crippen LogP contribution in [0.1, 0.15) is 12.5 Å². The molecule has 1 N–H and O–H groups in total. The van der Waals surface area contributed by atoms with Crippen LogP contribution in [-0.2, 0) is 9.80 Å². The molecule has 0 aliphatic rings. The summed E-state index contributed by atoms with van der Waals surface area (Å²) in [5.74, 6) is 0. The summed E-state index contributed by atoms with van der Waals surface area (Å²) in [7, 11) is -2.89. The minimum Gasteiger partial charge on any atom is -0.310 e. The highest BCUT2D eigenvalue weighted by atomic mass is 32.2. The van der Waals surface area contributed by atoms with E-state index in [0.717, 1.165) is 5.56 Å². The molecule has 0 aromatic heterocycles. The Morgan fingerprint density at radius 2 is 1.83 bits per heavy atom. The smallest absolute Gasteiger partial charge is 0.106 e. The second kappa shape index (κ2) is 3.29. The van der Waals surface area contributed by atoms with Crippen molar-refractivity contribution in [2.45, 2.75) is 18.7 Å². The van der Waals surface area contributed by atoms with Crippen LogP contribution in [-0.4, -0.2) is 14.1 Å². The van der Waals surface area contributed by atoms with Crippen LogP contribution < -0.4 is 0 Å². The van der Waals surface area contributed by atoms with E-state index < -0.39 is 9.80 Å². The van der Waals surface area contributed by atoms with Crippen molar-refractivity contribution in [1.82, 2.24) is 0 Å². The minimum absolute atomic E-state index is 0.468. The Morgan fingerprint density at radius 1 is 1.33 bits per heavy atom. The molecule has 12 heavy (non-hydrogen) atoms. The molecule has 0 fully saturated rings. The van der Waals surface area contributed by atoms with Crippen molar-refractivity contribution in [1.29, 1.82) is 0 Å². The lowest BCUT2D eigenvalue weighted by atomic mass is 10.2. The Labute approximate surface area is 73.1 Å². The van der Waals surface area contributed by atoms with Gasteiger partial charge in [0, 0.05) is 0 Å². The molecular formula is C9H12O2S. The molecule has 0 aliphatic carbocycles. The van der Waals surface area contributed by atoms with Gasteiger partial charge in [-0.25, -0.2) is 4.21 Å². The van der Waals surface area contributed by atoms with E-state index in [1.54, 1.807) is 19.1 Å². The Bertz CT molecular complexity index is 370. The van der Waals surface area contributed by atoms with Crippen molar-refractivity contribution in [3.05, 3.63) is 29.8 Å². The monoisotopic (exact) mass is 184 g/mol. The fraction of sp³-hybridized carbons (Fsp3) is 0.222. The fourth-order valence-corrected chi connectivity index (χ4v) is 1.67. The maximum absolute atomic E-state index is 11.4. The number of hydrogen-bond donors (Lipinski definition) is 1. The summed E-state index contributed by atoms with van der Waals surface area (Å²) >= 11 is 0. The van der Waals surface area contributed by atoms with Crippen molar-refractivity contribution >= 4 is 15.2 Å². The SMILES string of the molecule is CC=S(=O)(O)c1ccc(C)cc1. The molecule has 1 aromatic rings. The van der Waals surface area contributed by atoms with Crippen molar-refractivity contribution in [3.63, 3.8) is 0 Å². The van der Waals surface area contributed by atoms with Crippen LogP contribution in [0.5, 0.6) is 0 Å². The van der Waals surface area contributed by atoms with Gasteiger partial charge in [0.25, 0.3) is 0 Å². The van der Waals surface area contributed by atoms with Crippen LogP contribution in [0, 0.1) is 6.92 Å². The van der Waals surface area contributed by atoms with Gasteiger partial charge >= 0.3 is 0 Å². The van der Waals surface area contributed by atoms with Gasteiger partial charge in [0.1, 0.15) is 9.80 Å². The molecule has 0 spiro atoms. The predicted molar refractivity (Wildman–Crippen MR) is 52.0 cm³/mol. The molecule has 0 radical (unpaired) electrons. The van der Waals surface area contributed by atoms with Gasteiger partial charge in [0.15, 0.2) is 0 Å². The van der Waals surface area contributed by atoms with E-state index in [-0.39, 0.29) is 0 Å². The van der Waals surface area contributed by atoms with Gasteiger partial charge in [-0.3, -0.25) is 0 Å². The molecule has 0 bridgehead atoms. The molecule has 2 nitrogen and oxygen atoms in total. The number of hydrogen-bond acceptors (Lipinski definition) is 1. The molecular weight excluding hydrogens is 172 g/mol. The van der Waals surface area contributed by atoms with Gasteiger partial charge < -0.3 is 4.55 Å². The Morgan fingerprint density at radius 3 is 2.25 bits per heavy atom. The van der Waals surface area contributed by atoms with E-state index in [9.17, 15) is 8.76 Å². The van der Waals surface area contributed by atoms with Crippen LogP contribution in [0.25, 0.3) is 0 Å². The van der Waals surface area contributed by atoms with E-state index in [4.69, 9.17) is 0 Å². The fourth-order valence-electron chi connectivity index (χ4n) is 0.869. The maximum atomic E-state index is 11.4. The lowest BCUT2D eigenvalue weighted by Gasteiger charge is -2.02. The van der Waals surface area contributed by atoms with E-state index in [1.165, 1.54) is 5.37 Å². The maximum Gasteiger partial charge on any atom is 0.106 e. The summed E-state index contributed by atoms with van der Waals surface area (Å²) in [5.41, 5.74) is 1.09. The van der Waals surface area contributed by atoms with Crippen LogP contribution in [0.3, 0.4) is 0 Å². The highest BCUT2D eigenvalue weighted by Gasteiger charge is 2.02.